The molecule has 1 unspecified atom stereocenters. The molecule has 1 aromatic carbocycles. The van der Waals surface area contributed by atoms with Crippen molar-refractivity contribution < 1.29 is 52.1 Å². The summed E-state index contributed by atoms with van der Waals surface area (Å²) in [6.07, 6.45) is 3.20. The van der Waals surface area contributed by atoms with Crippen molar-refractivity contribution in [1.82, 2.24) is 0 Å². The average molecular weight is 589 g/mol. The van der Waals surface area contributed by atoms with Crippen LogP contribution in [0.15, 0.2) is 30.3 Å². The van der Waals surface area contributed by atoms with E-state index in [9.17, 15) is 0 Å². The Bertz CT molecular complexity index is 647. The summed E-state index contributed by atoms with van der Waals surface area (Å²) in [6.45, 7) is 11.0. The van der Waals surface area contributed by atoms with Crippen LogP contribution < -0.4 is 0 Å². The minimum atomic E-state index is -0.0619. The first-order valence-corrected chi connectivity index (χ1v) is 14.9. The molecule has 1 heterocycles. The third kappa shape index (κ3) is 24.0. The molecule has 0 saturated carbocycles. The number of benzene rings is 1. The van der Waals surface area contributed by atoms with E-state index in [1.807, 2.05) is 30.3 Å². The Balaban J connectivity index is 1.14. The first-order valence-electron chi connectivity index (χ1n) is 14.9. The Morgan fingerprint density at radius 2 is 0.854 bits per heavy atom. The predicted molar refractivity (Wildman–Crippen MR) is 152 cm³/mol. The fourth-order valence-electron chi connectivity index (χ4n) is 3.60. The quantitative estimate of drug-likeness (QED) is 0.124. The zero-order chi connectivity index (χ0) is 28.7. The Morgan fingerprint density at radius 1 is 0.463 bits per heavy atom. The number of hydrogen-bond acceptors (Lipinski definition) is 11. The first kappa shape index (κ1) is 36.0. The van der Waals surface area contributed by atoms with E-state index in [0.717, 1.165) is 25.0 Å². The van der Waals surface area contributed by atoms with Gasteiger partial charge in [0, 0.05) is 6.61 Å². The predicted octanol–water partition coefficient (Wildman–Crippen LogP) is 2.88. The zero-order valence-electron chi connectivity index (χ0n) is 24.7. The maximum Gasteiger partial charge on any atom is 0.157 e. The molecule has 2 rings (SSSR count). The molecule has 1 aliphatic heterocycles. The molecule has 0 radical (unpaired) electrons. The van der Waals surface area contributed by atoms with Gasteiger partial charge in [-0.05, 0) is 24.8 Å². The molecule has 0 amide bonds. The Labute approximate surface area is 245 Å². The molecular formula is C30H52O11. The Kier molecular flexibility index (Phi) is 25.3. The largest absolute Gasteiger partial charge is 0.377 e. The van der Waals surface area contributed by atoms with Crippen LogP contribution in [0.1, 0.15) is 24.8 Å². The van der Waals surface area contributed by atoms with Gasteiger partial charge in [-0.15, -0.1) is 0 Å². The number of hydrogen-bond donors (Lipinski definition) is 0. The van der Waals surface area contributed by atoms with Gasteiger partial charge in [0.1, 0.15) is 0 Å². The van der Waals surface area contributed by atoms with Crippen molar-refractivity contribution in [3.05, 3.63) is 35.9 Å². The Hall–Kier alpha value is -1.22. The van der Waals surface area contributed by atoms with E-state index in [0.29, 0.717) is 126 Å². The lowest BCUT2D eigenvalue weighted by Crippen LogP contribution is -2.24. The van der Waals surface area contributed by atoms with E-state index in [4.69, 9.17) is 52.1 Å². The summed E-state index contributed by atoms with van der Waals surface area (Å²) >= 11 is 0. The second-order valence-electron chi connectivity index (χ2n) is 9.10. The van der Waals surface area contributed by atoms with Crippen molar-refractivity contribution in [2.45, 2.75) is 32.2 Å². The molecule has 1 atom stereocenters. The molecule has 11 heteroatoms. The lowest BCUT2D eigenvalue weighted by Gasteiger charge is -2.22. The van der Waals surface area contributed by atoms with E-state index in [1.165, 1.54) is 6.42 Å². The molecule has 1 fully saturated rings. The average Bonchev–Trinajstić information content (AvgIpc) is 3.01. The minimum Gasteiger partial charge on any atom is -0.377 e. The topological polar surface area (TPSA) is 102 Å². The summed E-state index contributed by atoms with van der Waals surface area (Å²) in [4.78, 5) is 0. The lowest BCUT2D eigenvalue weighted by atomic mass is 10.2. The molecule has 0 aliphatic carbocycles. The van der Waals surface area contributed by atoms with Gasteiger partial charge in [-0.25, -0.2) is 0 Å². The van der Waals surface area contributed by atoms with Crippen molar-refractivity contribution in [3.63, 3.8) is 0 Å². The van der Waals surface area contributed by atoms with Crippen LogP contribution in [0.3, 0.4) is 0 Å². The van der Waals surface area contributed by atoms with Crippen molar-refractivity contribution in [3.8, 4) is 0 Å². The normalized spacial score (nSPS) is 15.5. The van der Waals surface area contributed by atoms with Gasteiger partial charge in [-0.3, -0.25) is 0 Å². The molecule has 11 nitrogen and oxygen atoms in total. The zero-order valence-corrected chi connectivity index (χ0v) is 24.7. The monoisotopic (exact) mass is 588 g/mol. The van der Waals surface area contributed by atoms with Crippen molar-refractivity contribution >= 4 is 0 Å². The van der Waals surface area contributed by atoms with Crippen LogP contribution in [0.4, 0.5) is 0 Å². The highest BCUT2D eigenvalue weighted by molar-refractivity contribution is 5.13. The SMILES string of the molecule is c1ccc(COCCOCCOCCOCCOCCOCCOCCOCCOCCOC2CCCCO2)cc1. The smallest absolute Gasteiger partial charge is 0.157 e. The summed E-state index contributed by atoms with van der Waals surface area (Å²) in [5, 5.41) is 0. The van der Waals surface area contributed by atoms with Gasteiger partial charge in [0.15, 0.2) is 6.29 Å². The van der Waals surface area contributed by atoms with Gasteiger partial charge < -0.3 is 52.1 Å². The molecule has 0 aromatic heterocycles. The van der Waals surface area contributed by atoms with Crippen LogP contribution in [0.25, 0.3) is 0 Å². The molecule has 1 aliphatic rings. The second kappa shape index (κ2) is 28.9. The highest BCUT2D eigenvalue weighted by Gasteiger charge is 2.13. The highest BCUT2D eigenvalue weighted by atomic mass is 16.7. The van der Waals surface area contributed by atoms with E-state index in [-0.39, 0.29) is 6.29 Å². The van der Waals surface area contributed by atoms with Crippen LogP contribution in [-0.4, -0.2) is 132 Å². The third-order valence-corrected chi connectivity index (χ3v) is 5.76. The van der Waals surface area contributed by atoms with Crippen LogP contribution in [0.5, 0.6) is 0 Å². The number of rotatable bonds is 30. The minimum absolute atomic E-state index is 0.0619. The molecule has 238 valence electrons. The molecule has 0 N–H and O–H groups in total. The van der Waals surface area contributed by atoms with Gasteiger partial charge >= 0.3 is 0 Å². The van der Waals surface area contributed by atoms with E-state index in [1.54, 1.807) is 0 Å². The van der Waals surface area contributed by atoms with Crippen LogP contribution in [0.2, 0.25) is 0 Å². The van der Waals surface area contributed by atoms with Crippen LogP contribution in [0, 0.1) is 0 Å². The molecule has 1 saturated heterocycles. The molecular weight excluding hydrogens is 536 g/mol. The van der Waals surface area contributed by atoms with E-state index < -0.39 is 0 Å². The summed E-state index contributed by atoms with van der Waals surface area (Å²) in [5.74, 6) is 0. The van der Waals surface area contributed by atoms with Gasteiger partial charge in [-0.2, -0.15) is 0 Å². The second-order valence-corrected chi connectivity index (χ2v) is 9.10. The highest BCUT2D eigenvalue weighted by Crippen LogP contribution is 2.13. The summed E-state index contributed by atoms with van der Waals surface area (Å²) in [5.41, 5.74) is 1.16. The Morgan fingerprint density at radius 3 is 1.24 bits per heavy atom. The summed E-state index contributed by atoms with van der Waals surface area (Å²) in [7, 11) is 0. The van der Waals surface area contributed by atoms with Gasteiger partial charge in [-0.1, -0.05) is 30.3 Å². The van der Waals surface area contributed by atoms with Crippen LogP contribution in [-0.2, 0) is 58.7 Å². The molecule has 0 spiro atoms. The number of ether oxygens (including phenoxy) is 11. The van der Waals surface area contributed by atoms with Crippen molar-refractivity contribution in [1.29, 1.82) is 0 Å². The van der Waals surface area contributed by atoms with Gasteiger partial charge in [0.2, 0.25) is 0 Å². The first-order chi connectivity index (χ1) is 20.4. The summed E-state index contributed by atoms with van der Waals surface area (Å²) < 4.78 is 60.5. The van der Waals surface area contributed by atoms with Gasteiger partial charge in [0.05, 0.1) is 126 Å². The summed E-state index contributed by atoms with van der Waals surface area (Å²) in [6, 6.07) is 10.1. The van der Waals surface area contributed by atoms with Gasteiger partial charge in [0.25, 0.3) is 0 Å². The fraction of sp³-hybridized carbons (Fsp3) is 0.800. The maximum absolute atomic E-state index is 5.60. The van der Waals surface area contributed by atoms with E-state index in [2.05, 4.69) is 0 Å². The molecule has 1 aromatic rings. The van der Waals surface area contributed by atoms with Crippen molar-refractivity contribution in [2.24, 2.45) is 0 Å². The molecule has 41 heavy (non-hydrogen) atoms. The lowest BCUT2D eigenvalue weighted by molar-refractivity contribution is -0.169. The van der Waals surface area contributed by atoms with Crippen LogP contribution >= 0.6 is 0 Å². The van der Waals surface area contributed by atoms with Crippen molar-refractivity contribution in [2.75, 3.05) is 126 Å². The maximum atomic E-state index is 5.60. The third-order valence-electron chi connectivity index (χ3n) is 5.76. The van der Waals surface area contributed by atoms with E-state index >= 15 is 0 Å². The fourth-order valence-corrected chi connectivity index (χ4v) is 3.60. The molecule has 0 bridgehead atoms. The standard InChI is InChI=1S/C30H52O11/c1-2-6-29(7-3-1)28-39-25-24-37-21-20-35-17-16-33-13-12-31-10-11-32-14-15-34-18-19-36-22-23-38-26-27-41-30-8-4-5-9-40-30/h1-3,6-7,30H,4-5,8-28H2.